The molecule has 122 valence electrons. The summed E-state index contributed by atoms with van der Waals surface area (Å²) in [5, 5.41) is 8.97. The summed E-state index contributed by atoms with van der Waals surface area (Å²) in [7, 11) is 1.70. The number of carbonyl (C=O) groups is 1. The Bertz CT molecular complexity index is 607. The molecule has 2 saturated heterocycles. The summed E-state index contributed by atoms with van der Waals surface area (Å²) in [6, 6.07) is 5.40. The van der Waals surface area contributed by atoms with Crippen LogP contribution in [0.5, 0.6) is 0 Å². The van der Waals surface area contributed by atoms with Crippen molar-refractivity contribution in [1.29, 1.82) is 5.26 Å². The summed E-state index contributed by atoms with van der Waals surface area (Å²) < 4.78 is 5.49. The Morgan fingerprint density at radius 1 is 1.48 bits per heavy atom. The minimum absolute atomic E-state index is 0.0346. The molecule has 2 aliphatic rings. The molecule has 3 rings (SSSR count). The molecule has 2 aliphatic heterocycles. The number of methoxy groups -OCH3 is 1. The van der Waals surface area contributed by atoms with Gasteiger partial charge in [-0.3, -0.25) is 4.79 Å². The van der Waals surface area contributed by atoms with Crippen molar-refractivity contribution in [2.75, 3.05) is 33.3 Å². The fourth-order valence-corrected chi connectivity index (χ4v) is 3.52. The summed E-state index contributed by atoms with van der Waals surface area (Å²) in [6.07, 6.45) is 4.96. The Balaban J connectivity index is 1.76. The van der Waals surface area contributed by atoms with Crippen LogP contribution in [0.2, 0.25) is 0 Å². The zero-order chi connectivity index (χ0) is 16.2. The lowest BCUT2D eigenvalue weighted by Crippen LogP contribution is -2.42. The van der Waals surface area contributed by atoms with Gasteiger partial charge >= 0.3 is 0 Å². The Morgan fingerprint density at radius 2 is 2.26 bits per heavy atom. The number of carbonyl (C=O) groups excluding carboxylic acids is 1. The van der Waals surface area contributed by atoms with Gasteiger partial charge in [0.25, 0.3) is 5.91 Å². The maximum Gasteiger partial charge on any atom is 0.254 e. The van der Waals surface area contributed by atoms with Crippen LogP contribution < -0.4 is 0 Å². The molecule has 1 amide bonds. The largest absolute Gasteiger partial charge is 0.380 e. The molecule has 2 fully saturated rings. The van der Waals surface area contributed by atoms with Crippen LogP contribution in [-0.2, 0) is 4.74 Å². The molecule has 2 atom stereocenters. The predicted octanol–water partition coefficient (Wildman–Crippen LogP) is 1.28. The maximum absolute atomic E-state index is 12.9. The molecule has 0 radical (unpaired) electrons. The van der Waals surface area contributed by atoms with Crippen molar-refractivity contribution in [3.05, 3.63) is 29.6 Å². The number of hydrogen-bond donors (Lipinski definition) is 0. The number of rotatable bonds is 4. The van der Waals surface area contributed by atoms with Gasteiger partial charge in [-0.15, -0.1) is 0 Å². The quantitative estimate of drug-likeness (QED) is 0.837. The third kappa shape index (κ3) is 3.52. The van der Waals surface area contributed by atoms with Crippen LogP contribution in [0, 0.1) is 11.3 Å². The number of amides is 1. The molecule has 3 heterocycles. The number of likely N-dealkylation sites (tertiary alicyclic amines) is 2. The number of aromatic nitrogens is 1. The summed E-state index contributed by atoms with van der Waals surface area (Å²) in [6.45, 7) is 3.74. The average Bonchev–Trinajstić information content (AvgIpc) is 3.24. The molecule has 0 bridgehead atoms. The van der Waals surface area contributed by atoms with E-state index < -0.39 is 0 Å². The monoisotopic (exact) mass is 314 g/mol. The highest BCUT2D eigenvalue weighted by Crippen LogP contribution is 2.24. The molecule has 0 aromatic carbocycles. The minimum atomic E-state index is -0.0346. The SMILES string of the molecule is CO[C@H]1C[C@@H](CN2CCCC2)N(C(=O)c2ccnc(C#N)c2)C1. The standard InChI is InChI=1S/C17H22N4O2/c1-23-16-9-15(11-20-6-2-3-7-20)21(12-16)17(22)13-4-5-19-14(8-13)10-18/h4-5,8,15-16H,2-3,6-7,9,11-12H2,1H3/t15-,16-/m0/s1. The summed E-state index contributed by atoms with van der Waals surface area (Å²) >= 11 is 0. The van der Waals surface area contributed by atoms with Gasteiger partial charge in [0.1, 0.15) is 11.8 Å². The van der Waals surface area contributed by atoms with Crippen molar-refractivity contribution >= 4 is 5.91 Å². The normalized spacial score (nSPS) is 24.8. The predicted molar refractivity (Wildman–Crippen MR) is 84.9 cm³/mol. The molecule has 1 aromatic rings. The van der Waals surface area contributed by atoms with Gasteiger partial charge in [0.2, 0.25) is 0 Å². The van der Waals surface area contributed by atoms with E-state index in [1.54, 1.807) is 19.2 Å². The number of nitrogens with zero attached hydrogens (tertiary/aromatic N) is 4. The Kier molecular flexibility index (Phi) is 4.89. The fraction of sp³-hybridized carbons (Fsp3) is 0.588. The van der Waals surface area contributed by atoms with Gasteiger partial charge < -0.3 is 14.5 Å². The molecule has 0 saturated carbocycles. The topological polar surface area (TPSA) is 69.5 Å². The number of ether oxygens (including phenoxy) is 1. The van der Waals surface area contributed by atoms with E-state index >= 15 is 0 Å². The van der Waals surface area contributed by atoms with E-state index in [1.807, 2.05) is 11.0 Å². The summed E-state index contributed by atoms with van der Waals surface area (Å²) in [5.74, 6) is -0.0346. The van der Waals surface area contributed by atoms with Gasteiger partial charge in [-0.05, 0) is 44.5 Å². The van der Waals surface area contributed by atoms with E-state index in [-0.39, 0.29) is 23.7 Å². The van der Waals surface area contributed by atoms with Gasteiger partial charge in [0.15, 0.2) is 0 Å². The number of hydrogen-bond acceptors (Lipinski definition) is 5. The molecule has 23 heavy (non-hydrogen) atoms. The van der Waals surface area contributed by atoms with Gasteiger partial charge in [-0.2, -0.15) is 5.26 Å². The molecule has 0 aliphatic carbocycles. The third-order valence-electron chi connectivity index (χ3n) is 4.76. The Hall–Kier alpha value is -1.97. The zero-order valence-electron chi connectivity index (χ0n) is 13.4. The van der Waals surface area contributed by atoms with Crippen LogP contribution in [0.1, 0.15) is 35.3 Å². The van der Waals surface area contributed by atoms with Crippen molar-refractivity contribution in [3.63, 3.8) is 0 Å². The molecular weight excluding hydrogens is 292 g/mol. The Morgan fingerprint density at radius 3 is 2.96 bits per heavy atom. The number of nitriles is 1. The second-order valence-electron chi connectivity index (χ2n) is 6.25. The first-order valence-electron chi connectivity index (χ1n) is 8.13. The highest BCUT2D eigenvalue weighted by molar-refractivity contribution is 5.94. The van der Waals surface area contributed by atoms with Gasteiger partial charge in [-0.25, -0.2) is 4.98 Å². The first-order chi connectivity index (χ1) is 11.2. The highest BCUT2D eigenvalue weighted by Gasteiger charge is 2.37. The van der Waals surface area contributed by atoms with E-state index in [0.29, 0.717) is 12.1 Å². The van der Waals surface area contributed by atoms with E-state index in [4.69, 9.17) is 10.00 Å². The first kappa shape index (κ1) is 15.9. The van der Waals surface area contributed by atoms with Crippen LogP contribution in [0.15, 0.2) is 18.3 Å². The summed E-state index contributed by atoms with van der Waals surface area (Å²) in [5.41, 5.74) is 0.800. The highest BCUT2D eigenvalue weighted by atomic mass is 16.5. The molecule has 0 unspecified atom stereocenters. The van der Waals surface area contributed by atoms with E-state index in [1.165, 1.54) is 19.0 Å². The second kappa shape index (κ2) is 7.07. The van der Waals surface area contributed by atoms with Crippen LogP contribution in [0.3, 0.4) is 0 Å². The molecular formula is C17H22N4O2. The van der Waals surface area contributed by atoms with Crippen LogP contribution >= 0.6 is 0 Å². The lowest BCUT2D eigenvalue weighted by molar-refractivity contribution is 0.0670. The van der Waals surface area contributed by atoms with Crippen molar-refractivity contribution in [1.82, 2.24) is 14.8 Å². The van der Waals surface area contributed by atoms with Crippen molar-refractivity contribution < 1.29 is 9.53 Å². The smallest absolute Gasteiger partial charge is 0.254 e. The van der Waals surface area contributed by atoms with Gasteiger partial charge in [0.05, 0.1) is 6.10 Å². The minimum Gasteiger partial charge on any atom is -0.380 e. The van der Waals surface area contributed by atoms with Crippen LogP contribution in [0.25, 0.3) is 0 Å². The van der Waals surface area contributed by atoms with Gasteiger partial charge in [0, 0.05) is 38.0 Å². The van der Waals surface area contributed by atoms with Crippen LogP contribution in [0.4, 0.5) is 0 Å². The van der Waals surface area contributed by atoms with E-state index in [0.717, 1.165) is 26.1 Å². The molecule has 0 N–H and O–H groups in total. The lowest BCUT2D eigenvalue weighted by atomic mass is 10.1. The zero-order valence-corrected chi connectivity index (χ0v) is 13.4. The lowest BCUT2D eigenvalue weighted by Gasteiger charge is -2.28. The summed E-state index contributed by atoms with van der Waals surface area (Å²) in [4.78, 5) is 21.1. The van der Waals surface area contributed by atoms with Crippen molar-refractivity contribution in [2.24, 2.45) is 0 Å². The number of pyridine rings is 1. The molecule has 1 aromatic heterocycles. The Labute approximate surface area is 136 Å². The maximum atomic E-state index is 12.9. The molecule has 6 heteroatoms. The van der Waals surface area contributed by atoms with Crippen LogP contribution in [-0.4, -0.2) is 66.1 Å². The average molecular weight is 314 g/mol. The van der Waals surface area contributed by atoms with E-state index in [9.17, 15) is 4.79 Å². The molecule has 6 nitrogen and oxygen atoms in total. The van der Waals surface area contributed by atoms with Crippen molar-refractivity contribution in [3.8, 4) is 6.07 Å². The van der Waals surface area contributed by atoms with Crippen molar-refractivity contribution in [2.45, 2.75) is 31.4 Å². The van der Waals surface area contributed by atoms with E-state index in [2.05, 4.69) is 9.88 Å². The second-order valence-corrected chi connectivity index (χ2v) is 6.25. The third-order valence-corrected chi connectivity index (χ3v) is 4.76. The van der Waals surface area contributed by atoms with Gasteiger partial charge in [-0.1, -0.05) is 0 Å². The first-order valence-corrected chi connectivity index (χ1v) is 8.13. The fourth-order valence-electron chi connectivity index (χ4n) is 3.52. The molecule has 0 spiro atoms.